The molecule has 7 nitrogen and oxygen atoms in total. The highest BCUT2D eigenvalue weighted by atomic mass is 16.2. The predicted molar refractivity (Wildman–Crippen MR) is 96.4 cm³/mol. The van der Waals surface area contributed by atoms with Crippen LogP contribution in [0.5, 0.6) is 0 Å². The molecule has 25 heavy (non-hydrogen) atoms. The zero-order valence-corrected chi connectivity index (χ0v) is 15.6. The van der Waals surface area contributed by atoms with E-state index in [1.54, 1.807) is 4.68 Å². The third kappa shape index (κ3) is 3.71. The first kappa shape index (κ1) is 17.9. The zero-order valence-electron chi connectivity index (χ0n) is 15.6. The Morgan fingerprint density at radius 1 is 1.24 bits per heavy atom. The van der Waals surface area contributed by atoms with Crippen molar-refractivity contribution in [1.82, 2.24) is 19.6 Å². The van der Waals surface area contributed by atoms with Crippen molar-refractivity contribution < 1.29 is 9.59 Å². The van der Waals surface area contributed by atoms with Gasteiger partial charge in [-0.25, -0.2) is 0 Å². The lowest BCUT2D eigenvalue weighted by Gasteiger charge is -2.42. The molecule has 1 aromatic rings. The van der Waals surface area contributed by atoms with Crippen molar-refractivity contribution in [3.8, 4) is 0 Å². The smallest absolute Gasteiger partial charge is 0.245 e. The van der Waals surface area contributed by atoms with Crippen LogP contribution in [0.3, 0.4) is 0 Å². The molecule has 0 aliphatic carbocycles. The van der Waals surface area contributed by atoms with E-state index in [2.05, 4.69) is 10.00 Å². The normalized spacial score (nSPS) is 22.5. The number of anilines is 1. The van der Waals surface area contributed by atoms with E-state index in [0.717, 1.165) is 63.5 Å². The van der Waals surface area contributed by atoms with Crippen molar-refractivity contribution in [1.29, 1.82) is 0 Å². The Morgan fingerprint density at radius 3 is 2.56 bits per heavy atom. The number of carbonyl (C=O) groups is 2. The van der Waals surface area contributed by atoms with Crippen LogP contribution < -0.4 is 4.90 Å². The topological polar surface area (TPSA) is 61.7 Å². The molecule has 0 bridgehead atoms. The van der Waals surface area contributed by atoms with Gasteiger partial charge in [0.05, 0.1) is 11.7 Å². The van der Waals surface area contributed by atoms with Crippen LogP contribution in [0.2, 0.25) is 0 Å². The highest BCUT2D eigenvalue weighted by Crippen LogP contribution is 2.25. The van der Waals surface area contributed by atoms with Crippen molar-refractivity contribution in [2.75, 3.05) is 37.6 Å². The number of aryl methyl sites for hydroxylation is 2. The Labute approximate surface area is 149 Å². The Morgan fingerprint density at radius 2 is 1.96 bits per heavy atom. The number of piperidine rings is 1. The largest absolute Gasteiger partial charge is 0.340 e. The summed E-state index contributed by atoms with van der Waals surface area (Å²) in [5.74, 6) is 1.29. The number of rotatable bonds is 4. The van der Waals surface area contributed by atoms with Gasteiger partial charge in [0.1, 0.15) is 5.82 Å². The summed E-state index contributed by atoms with van der Waals surface area (Å²) in [6, 6.07) is 1.90. The van der Waals surface area contributed by atoms with E-state index < -0.39 is 0 Å². The fourth-order valence-corrected chi connectivity index (χ4v) is 3.93. The third-order valence-corrected chi connectivity index (χ3v) is 5.24. The summed E-state index contributed by atoms with van der Waals surface area (Å²) >= 11 is 0. The molecule has 1 aromatic heterocycles. The summed E-state index contributed by atoms with van der Waals surface area (Å²) < 4.78 is 1.79. The van der Waals surface area contributed by atoms with Gasteiger partial charge in [-0.05, 0) is 26.2 Å². The average Bonchev–Trinajstić information content (AvgIpc) is 2.94. The molecule has 3 rings (SSSR count). The third-order valence-electron chi connectivity index (χ3n) is 5.24. The van der Waals surface area contributed by atoms with E-state index >= 15 is 0 Å². The molecule has 2 fully saturated rings. The van der Waals surface area contributed by atoms with Gasteiger partial charge < -0.3 is 4.90 Å². The van der Waals surface area contributed by atoms with Crippen LogP contribution in [-0.2, 0) is 16.6 Å². The maximum absolute atomic E-state index is 13.1. The second-order valence-electron chi connectivity index (χ2n) is 7.08. The van der Waals surface area contributed by atoms with E-state index in [9.17, 15) is 9.59 Å². The molecule has 0 saturated carbocycles. The number of nitrogens with zero attached hydrogens (tertiary/aromatic N) is 5. The van der Waals surface area contributed by atoms with Crippen LogP contribution in [0.25, 0.3) is 0 Å². The average molecular weight is 347 g/mol. The Kier molecular flexibility index (Phi) is 5.42. The van der Waals surface area contributed by atoms with Crippen molar-refractivity contribution in [3.63, 3.8) is 0 Å². The summed E-state index contributed by atoms with van der Waals surface area (Å²) in [5.41, 5.74) is 0.926. The minimum Gasteiger partial charge on any atom is -0.340 e. The van der Waals surface area contributed by atoms with Gasteiger partial charge in [-0.1, -0.05) is 6.92 Å². The van der Waals surface area contributed by atoms with Crippen molar-refractivity contribution in [2.24, 2.45) is 7.05 Å². The molecule has 138 valence electrons. The molecule has 1 atom stereocenters. The second-order valence-corrected chi connectivity index (χ2v) is 7.08. The first-order valence-corrected chi connectivity index (χ1v) is 9.35. The van der Waals surface area contributed by atoms with Crippen LogP contribution in [0, 0.1) is 6.92 Å². The molecular formula is C18H29N5O2. The summed E-state index contributed by atoms with van der Waals surface area (Å²) in [4.78, 5) is 31.2. The number of aromatic nitrogens is 2. The molecular weight excluding hydrogens is 318 g/mol. The highest BCUT2D eigenvalue weighted by molar-refractivity contribution is 5.97. The molecule has 7 heteroatoms. The maximum Gasteiger partial charge on any atom is 0.245 e. The second kappa shape index (κ2) is 7.56. The predicted octanol–water partition coefficient (Wildman–Crippen LogP) is 1.17. The quantitative estimate of drug-likeness (QED) is 0.820. The van der Waals surface area contributed by atoms with Crippen LogP contribution in [0.15, 0.2) is 6.07 Å². The fourth-order valence-electron chi connectivity index (χ4n) is 3.93. The Balaban J connectivity index is 1.64. The van der Waals surface area contributed by atoms with Crippen LogP contribution >= 0.6 is 0 Å². The van der Waals surface area contributed by atoms with Crippen molar-refractivity contribution in [3.05, 3.63) is 11.8 Å². The number of piperazine rings is 1. The lowest BCUT2D eigenvalue weighted by atomic mass is 10.0. The van der Waals surface area contributed by atoms with Crippen LogP contribution in [-0.4, -0.2) is 70.2 Å². The summed E-state index contributed by atoms with van der Waals surface area (Å²) in [5, 5.41) is 4.37. The lowest BCUT2D eigenvalue weighted by molar-refractivity contribution is -0.134. The molecule has 0 aromatic carbocycles. The minimum atomic E-state index is -0.0765. The van der Waals surface area contributed by atoms with Gasteiger partial charge in [-0.3, -0.25) is 24.1 Å². The number of carbonyl (C=O) groups excluding carboxylic acids is 2. The van der Waals surface area contributed by atoms with E-state index in [0.29, 0.717) is 6.42 Å². The van der Waals surface area contributed by atoms with Gasteiger partial charge in [0.15, 0.2) is 0 Å². The van der Waals surface area contributed by atoms with E-state index in [4.69, 9.17) is 0 Å². The van der Waals surface area contributed by atoms with Gasteiger partial charge in [-0.2, -0.15) is 5.10 Å². The van der Waals surface area contributed by atoms with Gasteiger partial charge >= 0.3 is 0 Å². The minimum absolute atomic E-state index is 0.0765. The SMILES string of the molecule is CCCC(=O)N1CCN(C2CCCN(c3cc(C)nn3C)C2=O)CC1. The van der Waals surface area contributed by atoms with E-state index in [1.807, 2.05) is 36.8 Å². The standard InChI is InChI=1S/C18H29N5O2/c1-4-6-17(24)22-11-9-21(10-12-22)15-7-5-8-23(18(15)25)16-13-14(2)19-20(16)3/h13,15H,4-12H2,1-3H3. The van der Waals surface area contributed by atoms with Crippen molar-refractivity contribution in [2.45, 2.75) is 45.6 Å². The molecule has 2 aliphatic rings. The maximum atomic E-state index is 13.1. The molecule has 3 heterocycles. The van der Waals surface area contributed by atoms with Gasteiger partial charge in [0.25, 0.3) is 0 Å². The highest BCUT2D eigenvalue weighted by Gasteiger charge is 2.36. The van der Waals surface area contributed by atoms with Gasteiger partial charge in [-0.15, -0.1) is 0 Å². The molecule has 2 saturated heterocycles. The molecule has 2 aliphatic heterocycles. The Bertz CT molecular complexity index is 633. The summed E-state index contributed by atoms with van der Waals surface area (Å²) in [6.45, 7) is 7.75. The molecule has 1 unspecified atom stereocenters. The van der Waals surface area contributed by atoms with Gasteiger partial charge in [0.2, 0.25) is 11.8 Å². The van der Waals surface area contributed by atoms with Crippen molar-refractivity contribution >= 4 is 17.6 Å². The lowest BCUT2D eigenvalue weighted by Crippen LogP contribution is -2.58. The molecule has 0 N–H and O–H groups in total. The number of hydrogen-bond acceptors (Lipinski definition) is 4. The first-order chi connectivity index (χ1) is 12.0. The monoisotopic (exact) mass is 347 g/mol. The number of hydrogen-bond donors (Lipinski definition) is 0. The van der Waals surface area contributed by atoms with E-state index in [1.165, 1.54) is 0 Å². The molecule has 0 radical (unpaired) electrons. The molecule has 0 spiro atoms. The number of amides is 2. The van der Waals surface area contributed by atoms with Crippen LogP contribution in [0.4, 0.5) is 5.82 Å². The van der Waals surface area contributed by atoms with Gasteiger partial charge in [0, 0.05) is 52.3 Å². The first-order valence-electron chi connectivity index (χ1n) is 9.35. The molecule has 2 amide bonds. The summed E-state index contributed by atoms with van der Waals surface area (Å²) in [7, 11) is 1.89. The van der Waals surface area contributed by atoms with E-state index in [-0.39, 0.29) is 17.9 Å². The Hall–Kier alpha value is -1.89. The summed E-state index contributed by atoms with van der Waals surface area (Å²) in [6.07, 6.45) is 3.40. The zero-order chi connectivity index (χ0) is 18.0. The fraction of sp³-hybridized carbons (Fsp3) is 0.722. The van der Waals surface area contributed by atoms with Crippen LogP contribution in [0.1, 0.15) is 38.3 Å².